The van der Waals surface area contributed by atoms with E-state index in [1.165, 1.54) is 19.1 Å². The Hall–Kier alpha value is -2.94. The van der Waals surface area contributed by atoms with Crippen molar-refractivity contribution in [3.63, 3.8) is 0 Å². The molecule has 0 aliphatic carbocycles. The fourth-order valence-electron chi connectivity index (χ4n) is 3.23. The highest BCUT2D eigenvalue weighted by Crippen LogP contribution is 2.26. The van der Waals surface area contributed by atoms with Crippen LogP contribution in [0.4, 0.5) is 15.8 Å². The lowest BCUT2D eigenvalue weighted by molar-refractivity contribution is -0.131. The van der Waals surface area contributed by atoms with Crippen LogP contribution in [0, 0.1) is 5.82 Å². The number of carbonyl (C=O) groups excluding carboxylic acids is 2. The van der Waals surface area contributed by atoms with Crippen molar-refractivity contribution >= 4 is 33.2 Å². The zero-order chi connectivity index (χ0) is 21.2. The monoisotopic (exact) mass is 419 g/mol. The van der Waals surface area contributed by atoms with E-state index in [1.807, 2.05) is 6.07 Å². The summed E-state index contributed by atoms with van der Waals surface area (Å²) in [5, 5.41) is 2.29. The zero-order valence-electron chi connectivity index (χ0n) is 16.2. The number of sulfonamides is 1. The highest BCUT2D eigenvalue weighted by Gasteiger charge is 2.21. The molecule has 0 saturated carbocycles. The van der Waals surface area contributed by atoms with Crippen LogP contribution in [0.3, 0.4) is 0 Å². The van der Waals surface area contributed by atoms with Crippen molar-refractivity contribution in [2.45, 2.75) is 38.1 Å². The molecule has 0 saturated heterocycles. The fraction of sp³-hybridized carbons (Fsp3) is 0.300. The normalized spacial score (nSPS) is 13.6. The molecular weight excluding hydrogens is 397 g/mol. The van der Waals surface area contributed by atoms with Gasteiger partial charge < -0.3 is 10.2 Å². The summed E-state index contributed by atoms with van der Waals surface area (Å²) < 4.78 is 41.8. The molecule has 9 heteroatoms. The summed E-state index contributed by atoms with van der Waals surface area (Å²) in [7, 11) is -4.03. The number of benzene rings is 2. The second-order valence-electron chi connectivity index (χ2n) is 6.83. The predicted molar refractivity (Wildman–Crippen MR) is 107 cm³/mol. The Balaban J connectivity index is 1.82. The van der Waals surface area contributed by atoms with E-state index in [2.05, 4.69) is 10.0 Å². The Morgan fingerprint density at radius 2 is 1.90 bits per heavy atom. The van der Waals surface area contributed by atoms with Gasteiger partial charge >= 0.3 is 0 Å². The Morgan fingerprint density at radius 3 is 2.55 bits per heavy atom. The Kier molecular flexibility index (Phi) is 5.88. The van der Waals surface area contributed by atoms with Crippen LogP contribution < -0.4 is 10.0 Å². The minimum atomic E-state index is -4.03. The first-order valence-electron chi connectivity index (χ1n) is 9.19. The van der Waals surface area contributed by atoms with Crippen LogP contribution in [0.15, 0.2) is 41.3 Å². The zero-order valence-corrected chi connectivity index (χ0v) is 17.0. The van der Waals surface area contributed by atoms with E-state index in [0.717, 1.165) is 17.2 Å². The van der Waals surface area contributed by atoms with Gasteiger partial charge in [-0.15, -0.1) is 0 Å². The molecular formula is C20H22FN3O4S. The van der Waals surface area contributed by atoms with Gasteiger partial charge in [0.05, 0.1) is 10.6 Å². The number of anilines is 2. The molecule has 0 radical (unpaired) electrons. The minimum Gasteiger partial charge on any atom is -0.338 e. The van der Waals surface area contributed by atoms with Crippen molar-refractivity contribution in [1.29, 1.82) is 0 Å². The molecule has 2 N–H and O–H groups in total. The molecule has 2 aromatic rings. The molecule has 2 aromatic carbocycles. The van der Waals surface area contributed by atoms with Gasteiger partial charge in [0.1, 0.15) is 5.82 Å². The second-order valence-corrected chi connectivity index (χ2v) is 8.51. The fourth-order valence-corrected chi connectivity index (χ4v) is 4.29. The van der Waals surface area contributed by atoms with Crippen LogP contribution in [0.25, 0.3) is 0 Å². The molecule has 7 nitrogen and oxygen atoms in total. The maximum atomic E-state index is 14.1. The van der Waals surface area contributed by atoms with Crippen LogP contribution in [0.1, 0.15) is 31.4 Å². The summed E-state index contributed by atoms with van der Waals surface area (Å²) in [5.74, 6) is -1.25. The molecule has 0 unspecified atom stereocenters. The van der Waals surface area contributed by atoms with Crippen LogP contribution in [-0.4, -0.2) is 31.7 Å². The van der Waals surface area contributed by atoms with Gasteiger partial charge in [0, 0.05) is 32.1 Å². The maximum absolute atomic E-state index is 14.1. The smallest absolute Gasteiger partial charge is 0.261 e. The number of carbonyl (C=O) groups is 2. The average molecular weight is 419 g/mol. The number of halogens is 1. The van der Waals surface area contributed by atoms with E-state index in [0.29, 0.717) is 31.6 Å². The van der Waals surface area contributed by atoms with E-state index < -0.39 is 21.7 Å². The summed E-state index contributed by atoms with van der Waals surface area (Å²) in [6.45, 7) is 4.11. The number of hydrogen-bond donors (Lipinski definition) is 2. The lowest BCUT2D eigenvalue weighted by Gasteiger charge is -2.29. The summed E-state index contributed by atoms with van der Waals surface area (Å²) in [5.41, 5.74) is 2.19. The molecule has 0 fully saturated rings. The molecule has 0 spiro atoms. The largest absolute Gasteiger partial charge is 0.338 e. The number of fused-ring (bicyclic) bond motifs is 1. The van der Waals surface area contributed by atoms with Crippen LogP contribution >= 0.6 is 0 Å². The first-order chi connectivity index (χ1) is 13.7. The van der Waals surface area contributed by atoms with Gasteiger partial charge in [0.25, 0.3) is 10.0 Å². The molecule has 3 rings (SSSR count). The van der Waals surface area contributed by atoms with Gasteiger partial charge in [-0.1, -0.05) is 13.0 Å². The lowest BCUT2D eigenvalue weighted by Crippen LogP contribution is -2.35. The molecule has 0 aromatic heterocycles. The molecule has 1 heterocycles. The molecule has 29 heavy (non-hydrogen) atoms. The Bertz CT molecular complexity index is 1070. The first-order valence-corrected chi connectivity index (χ1v) is 10.7. The van der Waals surface area contributed by atoms with E-state index in [1.54, 1.807) is 24.0 Å². The Labute approximate surface area is 169 Å². The van der Waals surface area contributed by atoms with Crippen molar-refractivity contribution in [3.05, 3.63) is 53.3 Å². The molecule has 2 amide bonds. The second kappa shape index (κ2) is 8.20. The SMILES string of the molecule is CCC(=O)N1CCc2ccc(NS(=O)(=O)c3ccc(NC(C)=O)c(F)c3)cc2C1. The van der Waals surface area contributed by atoms with E-state index in [9.17, 15) is 22.4 Å². The van der Waals surface area contributed by atoms with Gasteiger partial charge in [0.15, 0.2) is 0 Å². The van der Waals surface area contributed by atoms with E-state index in [-0.39, 0.29) is 16.5 Å². The average Bonchev–Trinajstić information content (AvgIpc) is 2.67. The highest BCUT2D eigenvalue weighted by molar-refractivity contribution is 7.92. The number of rotatable bonds is 5. The lowest BCUT2D eigenvalue weighted by atomic mass is 9.99. The van der Waals surface area contributed by atoms with Crippen LogP contribution in [0.5, 0.6) is 0 Å². The van der Waals surface area contributed by atoms with Crippen LogP contribution in [-0.2, 0) is 32.6 Å². The molecule has 1 aliphatic rings. The summed E-state index contributed by atoms with van der Waals surface area (Å²) >= 11 is 0. The van der Waals surface area contributed by atoms with Gasteiger partial charge in [-0.3, -0.25) is 14.3 Å². The van der Waals surface area contributed by atoms with Gasteiger partial charge in [-0.25, -0.2) is 12.8 Å². The number of nitrogens with zero attached hydrogens (tertiary/aromatic N) is 1. The van der Waals surface area contributed by atoms with E-state index >= 15 is 0 Å². The topological polar surface area (TPSA) is 95.6 Å². The van der Waals surface area contributed by atoms with Gasteiger partial charge in [-0.05, 0) is 47.9 Å². The van der Waals surface area contributed by atoms with Crippen LogP contribution in [0.2, 0.25) is 0 Å². The molecule has 0 bridgehead atoms. The standard InChI is InChI=1S/C20H22FN3O4S/c1-3-20(26)24-9-8-14-4-5-16(10-15(14)12-24)23-29(27,28)17-6-7-19(18(21)11-17)22-13(2)25/h4-7,10-11,23H,3,8-9,12H2,1-2H3,(H,22,25). The van der Waals surface area contributed by atoms with Gasteiger partial charge in [-0.2, -0.15) is 0 Å². The Morgan fingerprint density at radius 1 is 1.14 bits per heavy atom. The van der Waals surface area contributed by atoms with Crippen molar-refractivity contribution in [1.82, 2.24) is 4.90 Å². The number of amides is 2. The molecule has 154 valence electrons. The quantitative estimate of drug-likeness (QED) is 0.779. The molecule has 1 aliphatic heterocycles. The van der Waals surface area contributed by atoms with Crippen molar-refractivity contribution in [3.8, 4) is 0 Å². The summed E-state index contributed by atoms with van der Waals surface area (Å²) in [6, 6.07) is 8.46. The third kappa shape index (κ3) is 4.73. The predicted octanol–water partition coefficient (Wildman–Crippen LogP) is 2.88. The summed E-state index contributed by atoms with van der Waals surface area (Å²) in [4.78, 5) is 24.5. The maximum Gasteiger partial charge on any atom is 0.261 e. The van der Waals surface area contributed by atoms with E-state index in [4.69, 9.17) is 0 Å². The highest BCUT2D eigenvalue weighted by atomic mass is 32.2. The molecule has 0 atom stereocenters. The minimum absolute atomic E-state index is 0.0522. The van der Waals surface area contributed by atoms with Crippen molar-refractivity contribution in [2.24, 2.45) is 0 Å². The number of hydrogen-bond acceptors (Lipinski definition) is 4. The van der Waals surface area contributed by atoms with Crippen molar-refractivity contribution < 1.29 is 22.4 Å². The third-order valence-electron chi connectivity index (χ3n) is 4.69. The first kappa shape index (κ1) is 20.8. The third-order valence-corrected chi connectivity index (χ3v) is 6.07. The van der Waals surface area contributed by atoms with Crippen molar-refractivity contribution in [2.75, 3.05) is 16.6 Å². The van der Waals surface area contributed by atoms with Gasteiger partial charge in [0.2, 0.25) is 11.8 Å². The number of nitrogens with one attached hydrogen (secondary N) is 2. The summed E-state index contributed by atoms with van der Waals surface area (Å²) in [6.07, 6.45) is 1.13.